The van der Waals surface area contributed by atoms with Crippen LogP contribution in [0.3, 0.4) is 0 Å². The molecule has 0 spiro atoms. The molecule has 0 aliphatic heterocycles. The number of hydrogen-bond acceptors (Lipinski definition) is 3. The first-order chi connectivity index (χ1) is 8.93. The normalized spacial score (nSPS) is 10.7. The van der Waals surface area contributed by atoms with Crippen LogP contribution in [0, 0.1) is 0 Å². The Balaban J connectivity index is 1.67. The first kappa shape index (κ1) is 11.2. The fourth-order valence-corrected chi connectivity index (χ4v) is 2.77. The fourth-order valence-electron chi connectivity index (χ4n) is 1.98. The number of benzene rings is 2. The lowest BCUT2D eigenvalue weighted by molar-refractivity contribution is 1.03. The van der Waals surface area contributed by atoms with Crippen molar-refractivity contribution in [3.8, 4) is 0 Å². The molecular formula is C15H14N2S. The third-order valence-electron chi connectivity index (χ3n) is 2.93. The minimum absolute atomic E-state index is 0.941. The van der Waals surface area contributed by atoms with Gasteiger partial charge >= 0.3 is 0 Å². The van der Waals surface area contributed by atoms with Gasteiger partial charge in [-0.1, -0.05) is 42.5 Å². The lowest BCUT2D eigenvalue weighted by Gasteiger charge is -2.03. The van der Waals surface area contributed by atoms with Gasteiger partial charge in [0.2, 0.25) is 0 Å². The van der Waals surface area contributed by atoms with Gasteiger partial charge in [-0.2, -0.15) is 4.37 Å². The molecule has 0 aliphatic carbocycles. The molecule has 2 aromatic carbocycles. The summed E-state index contributed by atoms with van der Waals surface area (Å²) in [6.45, 7) is 0.941. The highest BCUT2D eigenvalue weighted by atomic mass is 32.1. The zero-order chi connectivity index (χ0) is 12.2. The van der Waals surface area contributed by atoms with Crippen LogP contribution < -0.4 is 5.32 Å². The van der Waals surface area contributed by atoms with E-state index in [1.165, 1.54) is 27.5 Å². The van der Waals surface area contributed by atoms with Crippen LogP contribution in [0.5, 0.6) is 0 Å². The van der Waals surface area contributed by atoms with E-state index in [1.807, 2.05) is 18.2 Å². The van der Waals surface area contributed by atoms with Crippen molar-refractivity contribution in [2.45, 2.75) is 6.42 Å². The molecule has 0 amide bonds. The van der Waals surface area contributed by atoms with Crippen LogP contribution in [0.25, 0.3) is 10.9 Å². The quantitative estimate of drug-likeness (QED) is 0.762. The highest BCUT2D eigenvalue weighted by molar-refractivity contribution is 7.11. The number of rotatable bonds is 4. The lowest BCUT2D eigenvalue weighted by Crippen LogP contribution is -2.03. The fraction of sp³-hybridized carbons (Fsp3) is 0.133. The lowest BCUT2D eigenvalue weighted by atomic mass is 10.1. The van der Waals surface area contributed by atoms with Crippen molar-refractivity contribution >= 4 is 27.4 Å². The Morgan fingerprint density at radius 1 is 0.944 bits per heavy atom. The Bertz CT molecular complexity index is 631. The summed E-state index contributed by atoms with van der Waals surface area (Å²) in [6.07, 6.45) is 1.03. The Labute approximate surface area is 110 Å². The summed E-state index contributed by atoms with van der Waals surface area (Å²) >= 11 is 1.54. The number of aromatic nitrogens is 1. The van der Waals surface area contributed by atoms with Crippen molar-refractivity contribution in [1.29, 1.82) is 0 Å². The number of nitrogens with one attached hydrogen (secondary N) is 1. The molecule has 0 radical (unpaired) electrons. The van der Waals surface area contributed by atoms with Gasteiger partial charge in [-0.15, -0.1) is 0 Å². The van der Waals surface area contributed by atoms with Gasteiger partial charge in [0, 0.05) is 11.9 Å². The predicted octanol–water partition coefficient (Wildman–Crippen LogP) is 3.95. The standard InChI is InChI=1S/C15H14N2S/c1-2-6-12(7-3-1)10-11-16-15-13-8-4-5-9-14(13)17-18-15/h1-9,16H,10-11H2. The molecule has 0 saturated carbocycles. The molecule has 0 bridgehead atoms. The van der Waals surface area contributed by atoms with E-state index in [9.17, 15) is 0 Å². The van der Waals surface area contributed by atoms with Gasteiger partial charge < -0.3 is 5.32 Å². The van der Waals surface area contributed by atoms with Gasteiger partial charge in [0.1, 0.15) is 5.00 Å². The minimum Gasteiger partial charge on any atom is -0.375 e. The molecule has 0 unspecified atom stereocenters. The van der Waals surface area contributed by atoms with Crippen LogP contribution in [0.2, 0.25) is 0 Å². The van der Waals surface area contributed by atoms with E-state index in [-0.39, 0.29) is 0 Å². The molecule has 1 N–H and O–H groups in total. The maximum Gasteiger partial charge on any atom is 0.117 e. The van der Waals surface area contributed by atoms with Gasteiger partial charge in [0.05, 0.1) is 5.52 Å². The summed E-state index contributed by atoms with van der Waals surface area (Å²) in [7, 11) is 0. The second-order valence-corrected chi connectivity index (χ2v) is 4.96. The summed E-state index contributed by atoms with van der Waals surface area (Å²) in [5, 5.41) is 5.86. The van der Waals surface area contributed by atoms with Crippen molar-refractivity contribution in [2.75, 3.05) is 11.9 Å². The zero-order valence-electron chi connectivity index (χ0n) is 9.97. The van der Waals surface area contributed by atoms with Gasteiger partial charge in [0.25, 0.3) is 0 Å². The Morgan fingerprint density at radius 2 is 1.72 bits per heavy atom. The smallest absolute Gasteiger partial charge is 0.117 e. The largest absolute Gasteiger partial charge is 0.375 e. The third-order valence-corrected chi connectivity index (χ3v) is 3.76. The van der Waals surface area contributed by atoms with E-state index >= 15 is 0 Å². The van der Waals surface area contributed by atoms with E-state index in [2.05, 4.69) is 46.1 Å². The topological polar surface area (TPSA) is 24.9 Å². The van der Waals surface area contributed by atoms with Crippen LogP contribution in [-0.2, 0) is 6.42 Å². The van der Waals surface area contributed by atoms with E-state index < -0.39 is 0 Å². The average molecular weight is 254 g/mol. The summed E-state index contributed by atoms with van der Waals surface area (Å²) in [5.41, 5.74) is 2.43. The molecule has 2 nitrogen and oxygen atoms in total. The minimum atomic E-state index is 0.941. The molecule has 1 aromatic heterocycles. The first-order valence-electron chi connectivity index (χ1n) is 6.06. The highest BCUT2D eigenvalue weighted by Crippen LogP contribution is 2.26. The third kappa shape index (κ3) is 2.36. The van der Waals surface area contributed by atoms with Gasteiger partial charge in [0.15, 0.2) is 0 Å². The van der Waals surface area contributed by atoms with E-state index in [0.29, 0.717) is 0 Å². The molecule has 0 fully saturated rings. The molecule has 1 heterocycles. The van der Waals surface area contributed by atoms with E-state index in [4.69, 9.17) is 0 Å². The summed E-state index contributed by atoms with van der Waals surface area (Å²) in [4.78, 5) is 0. The summed E-state index contributed by atoms with van der Waals surface area (Å²) in [5.74, 6) is 0. The average Bonchev–Trinajstić information content (AvgIpc) is 2.84. The molecule has 0 saturated heterocycles. The van der Waals surface area contributed by atoms with Gasteiger partial charge in [-0.25, -0.2) is 0 Å². The molecule has 3 rings (SSSR count). The number of fused-ring (bicyclic) bond motifs is 1. The van der Waals surface area contributed by atoms with Crippen molar-refractivity contribution < 1.29 is 0 Å². The van der Waals surface area contributed by atoms with Crippen LogP contribution in [0.4, 0.5) is 5.00 Å². The molecule has 3 heteroatoms. The van der Waals surface area contributed by atoms with Crippen molar-refractivity contribution in [3.05, 3.63) is 60.2 Å². The van der Waals surface area contributed by atoms with Gasteiger partial charge in [-0.3, -0.25) is 0 Å². The maximum absolute atomic E-state index is 4.42. The van der Waals surface area contributed by atoms with Crippen LogP contribution in [0.15, 0.2) is 54.6 Å². The second kappa shape index (κ2) is 5.19. The van der Waals surface area contributed by atoms with Gasteiger partial charge in [-0.05, 0) is 35.6 Å². The predicted molar refractivity (Wildman–Crippen MR) is 78.3 cm³/mol. The second-order valence-electron chi connectivity index (χ2n) is 4.19. The van der Waals surface area contributed by atoms with Crippen molar-refractivity contribution in [2.24, 2.45) is 0 Å². The molecule has 3 aromatic rings. The van der Waals surface area contributed by atoms with Crippen LogP contribution >= 0.6 is 11.5 Å². The van der Waals surface area contributed by atoms with Crippen molar-refractivity contribution in [3.63, 3.8) is 0 Å². The Morgan fingerprint density at radius 3 is 2.61 bits per heavy atom. The van der Waals surface area contributed by atoms with Crippen molar-refractivity contribution in [1.82, 2.24) is 4.37 Å². The molecule has 0 atom stereocenters. The SMILES string of the molecule is c1ccc(CCNc2snc3ccccc23)cc1. The number of hydrogen-bond donors (Lipinski definition) is 1. The first-order valence-corrected chi connectivity index (χ1v) is 6.83. The molecule has 90 valence electrons. The summed E-state index contributed by atoms with van der Waals surface area (Å²) < 4.78 is 4.42. The maximum atomic E-state index is 4.42. The van der Waals surface area contributed by atoms with Crippen LogP contribution in [-0.4, -0.2) is 10.9 Å². The molecular weight excluding hydrogens is 240 g/mol. The molecule has 0 aliphatic rings. The van der Waals surface area contributed by atoms with E-state index in [1.54, 1.807) is 0 Å². The highest BCUT2D eigenvalue weighted by Gasteiger charge is 2.03. The Hall–Kier alpha value is -1.87. The summed E-state index contributed by atoms with van der Waals surface area (Å²) in [6, 6.07) is 18.8. The number of anilines is 1. The van der Waals surface area contributed by atoms with Crippen LogP contribution in [0.1, 0.15) is 5.56 Å². The zero-order valence-corrected chi connectivity index (χ0v) is 10.8. The molecule has 18 heavy (non-hydrogen) atoms. The monoisotopic (exact) mass is 254 g/mol. The van der Waals surface area contributed by atoms with E-state index in [0.717, 1.165) is 18.5 Å². The number of nitrogens with zero attached hydrogens (tertiary/aromatic N) is 1. The Kier molecular flexibility index (Phi) is 3.24.